The average molecular weight is 428 g/mol. The summed E-state index contributed by atoms with van der Waals surface area (Å²) < 4.78 is 0. The minimum Gasteiger partial charge on any atom is -0.322 e. The molecule has 0 bridgehead atoms. The summed E-state index contributed by atoms with van der Waals surface area (Å²) in [7, 11) is 0. The van der Waals surface area contributed by atoms with E-state index < -0.39 is 0 Å². The van der Waals surface area contributed by atoms with Crippen LogP contribution in [0, 0.1) is 20.8 Å². The van der Waals surface area contributed by atoms with Crippen molar-refractivity contribution >= 4 is 23.3 Å². The molecule has 1 saturated heterocycles. The smallest absolute Gasteiger partial charge is 0.322 e. The van der Waals surface area contributed by atoms with Crippen molar-refractivity contribution in [3.8, 4) is 0 Å². The molecule has 3 aromatic rings. The molecule has 32 heavy (non-hydrogen) atoms. The van der Waals surface area contributed by atoms with Crippen molar-refractivity contribution in [3.63, 3.8) is 0 Å². The molecule has 5 heteroatoms. The summed E-state index contributed by atoms with van der Waals surface area (Å²) in [6.45, 7) is 8.19. The number of benzene rings is 3. The van der Waals surface area contributed by atoms with Gasteiger partial charge in [0.25, 0.3) is 5.91 Å². The Bertz CT molecular complexity index is 1120. The summed E-state index contributed by atoms with van der Waals surface area (Å²) in [6.07, 6.45) is 0.919. The molecule has 1 aliphatic rings. The van der Waals surface area contributed by atoms with Gasteiger partial charge < -0.3 is 10.2 Å². The minimum absolute atomic E-state index is 0.0203. The molecule has 1 fully saturated rings. The second-order valence-electron chi connectivity index (χ2n) is 8.58. The molecule has 0 aliphatic carbocycles. The molecule has 5 nitrogen and oxygen atoms in total. The van der Waals surface area contributed by atoms with E-state index in [1.54, 1.807) is 6.07 Å². The van der Waals surface area contributed by atoms with Crippen LogP contribution < -0.4 is 10.2 Å². The minimum atomic E-state index is -0.143. The molecule has 1 N–H and O–H groups in total. The zero-order chi connectivity index (χ0) is 22.7. The highest BCUT2D eigenvalue weighted by Gasteiger charge is 2.26. The van der Waals surface area contributed by atoms with Crippen molar-refractivity contribution in [1.82, 2.24) is 4.90 Å². The summed E-state index contributed by atoms with van der Waals surface area (Å²) in [5.74, 6) is -0.143. The Balaban J connectivity index is 1.43. The van der Waals surface area contributed by atoms with Crippen LogP contribution in [0.3, 0.4) is 0 Å². The topological polar surface area (TPSA) is 52.6 Å². The van der Waals surface area contributed by atoms with Crippen LogP contribution in [0.1, 0.15) is 39.0 Å². The Labute approximate surface area is 189 Å². The van der Waals surface area contributed by atoms with Gasteiger partial charge in [0.05, 0.1) is 0 Å². The van der Waals surface area contributed by atoms with E-state index in [9.17, 15) is 9.59 Å². The van der Waals surface area contributed by atoms with Gasteiger partial charge in [-0.15, -0.1) is 0 Å². The summed E-state index contributed by atoms with van der Waals surface area (Å²) in [5.41, 5.74) is 6.80. The second kappa shape index (κ2) is 9.27. The van der Waals surface area contributed by atoms with Crippen LogP contribution >= 0.6 is 0 Å². The maximum absolute atomic E-state index is 13.2. The summed E-state index contributed by atoms with van der Waals surface area (Å²) >= 11 is 0. The molecule has 3 aromatic carbocycles. The van der Waals surface area contributed by atoms with Gasteiger partial charge in [0, 0.05) is 36.6 Å². The van der Waals surface area contributed by atoms with Crippen LogP contribution in [0.4, 0.5) is 16.2 Å². The third kappa shape index (κ3) is 4.99. The second-order valence-corrected chi connectivity index (χ2v) is 8.58. The SMILES string of the molecule is Cc1cc(C)cc(CN2CCCN(c3ccc(NC(=O)c4cccc(C)c4)cc3)C2=O)c1. The van der Waals surface area contributed by atoms with Crippen LogP contribution in [0.25, 0.3) is 0 Å². The van der Waals surface area contributed by atoms with Gasteiger partial charge in [0.15, 0.2) is 0 Å². The quantitative estimate of drug-likeness (QED) is 0.568. The predicted octanol–water partition coefficient (Wildman–Crippen LogP) is 5.70. The summed E-state index contributed by atoms with van der Waals surface area (Å²) in [6, 6.07) is 21.4. The van der Waals surface area contributed by atoms with Crippen LogP contribution in [0.5, 0.6) is 0 Å². The standard InChI is InChI=1S/C27H29N3O2/c1-19-6-4-7-23(17-19)26(31)28-24-8-10-25(11-9-24)30-13-5-12-29(27(30)32)18-22-15-20(2)14-21(3)16-22/h4,6-11,14-17H,5,12-13,18H2,1-3H3,(H,28,31). The van der Waals surface area contributed by atoms with E-state index in [2.05, 4.69) is 37.4 Å². The van der Waals surface area contributed by atoms with E-state index in [-0.39, 0.29) is 11.9 Å². The number of nitrogens with zero attached hydrogens (tertiary/aromatic N) is 2. The predicted molar refractivity (Wildman–Crippen MR) is 129 cm³/mol. The lowest BCUT2D eigenvalue weighted by Crippen LogP contribution is -2.49. The number of amides is 3. The molecular formula is C27H29N3O2. The maximum Gasteiger partial charge on any atom is 0.324 e. The van der Waals surface area contributed by atoms with E-state index in [0.29, 0.717) is 24.3 Å². The lowest BCUT2D eigenvalue weighted by molar-refractivity contribution is 0.102. The molecule has 0 saturated carbocycles. The molecule has 4 rings (SSSR count). The van der Waals surface area contributed by atoms with Crippen molar-refractivity contribution in [3.05, 3.63) is 94.5 Å². The van der Waals surface area contributed by atoms with Gasteiger partial charge in [0.2, 0.25) is 0 Å². The zero-order valence-electron chi connectivity index (χ0n) is 18.9. The van der Waals surface area contributed by atoms with E-state index >= 15 is 0 Å². The van der Waals surface area contributed by atoms with Gasteiger partial charge in [-0.3, -0.25) is 9.69 Å². The van der Waals surface area contributed by atoms with Gasteiger partial charge in [-0.05, 0) is 69.2 Å². The van der Waals surface area contributed by atoms with Gasteiger partial charge >= 0.3 is 6.03 Å². The molecular weight excluding hydrogens is 398 g/mol. The van der Waals surface area contributed by atoms with Crippen molar-refractivity contribution < 1.29 is 9.59 Å². The van der Waals surface area contributed by atoms with Gasteiger partial charge in [0.1, 0.15) is 0 Å². The van der Waals surface area contributed by atoms with Gasteiger partial charge in [-0.25, -0.2) is 4.79 Å². The number of nitrogens with one attached hydrogen (secondary N) is 1. The molecule has 1 heterocycles. The van der Waals surface area contributed by atoms with Crippen molar-refractivity contribution in [2.24, 2.45) is 0 Å². The van der Waals surface area contributed by atoms with Gasteiger partial charge in [-0.1, -0.05) is 47.0 Å². The molecule has 0 aromatic heterocycles. The Morgan fingerprint density at radius 2 is 1.59 bits per heavy atom. The zero-order valence-corrected chi connectivity index (χ0v) is 18.9. The molecule has 0 unspecified atom stereocenters. The molecule has 0 radical (unpaired) electrons. The lowest BCUT2D eigenvalue weighted by Gasteiger charge is -2.36. The number of carbonyl (C=O) groups excluding carboxylic acids is 2. The molecule has 0 atom stereocenters. The van der Waals surface area contributed by atoms with Gasteiger partial charge in [-0.2, -0.15) is 0 Å². The number of hydrogen-bond acceptors (Lipinski definition) is 2. The number of hydrogen-bond donors (Lipinski definition) is 1. The Hall–Kier alpha value is -3.60. The fourth-order valence-corrected chi connectivity index (χ4v) is 4.26. The van der Waals surface area contributed by atoms with Crippen LogP contribution in [0.2, 0.25) is 0 Å². The van der Waals surface area contributed by atoms with Crippen LogP contribution in [0.15, 0.2) is 66.7 Å². The molecule has 3 amide bonds. The monoisotopic (exact) mass is 427 g/mol. The van der Waals surface area contributed by atoms with E-state index in [1.807, 2.05) is 59.2 Å². The normalized spacial score (nSPS) is 13.9. The maximum atomic E-state index is 13.2. The number of carbonyl (C=O) groups is 2. The fourth-order valence-electron chi connectivity index (χ4n) is 4.26. The van der Waals surface area contributed by atoms with Crippen molar-refractivity contribution in [2.45, 2.75) is 33.7 Å². The number of urea groups is 1. The lowest BCUT2D eigenvalue weighted by atomic mass is 10.1. The largest absolute Gasteiger partial charge is 0.324 e. The Kier molecular flexibility index (Phi) is 6.26. The first-order chi connectivity index (χ1) is 15.4. The highest BCUT2D eigenvalue weighted by atomic mass is 16.2. The third-order valence-electron chi connectivity index (χ3n) is 5.68. The first-order valence-electron chi connectivity index (χ1n) is 11.0. The first-order valence-corrected chi connectivity index (χ1v) is 11.0. The molecule has 164 valence electrons. The number of aryl methyl sites for hydroxylation is 3. The average Bonchev–Trinajstić information content (AvgIpc) is 2.75. The van der Waals surface area contributed by atoms with Crippen molar-refractivity contribution in [2.75, 3.05) is 23.3 Å². The molecule has 0 spiro atoms. The van der Waals surface area contributed by atoms with Crippen LogP contribution in [-0.2, 0) is 6.54 Å². The highest BCUT2D eigenvalue weighted by Crippen LogP contribution is 2.24. The Morgan fingerprint density at radius 1 is 0.875 bits per heavy atom. The number of anilines is 2. The summed E-state index contributed by atoms with van der Waals surface area (Å²) in [4.78, 5) is 29.4. The number of rotatable bonds is 5. The fraction of sp³-hybridized carbons (Fsp3) is 0.259. The van der Waals surface area contributed by atoms with E-state index in [1.165, 1.54) is 11.1 Å². The summed E-state index contributed by atoms with van der Waals surface area (Å²) in [5, 5.41) is 2.93. The van der Waals surface area contributed by atoms with Crippen molar-refractivity contribution in [1.29, 1.82) is 0 Å². The van der Waals surface area contributed by atoms with E-state index in [0.717, 1.165) is 29.8 Å². The Morgan fingerprint density at radius 3 is 2.28 bits per heavy atom. The van der Waals surface area contributed by atoms with E-state index in [4.69, 9.17) is 0 Å². The molecule has 1 aliphatic heterocycles. The third-order valence-corrected chi connectivity index (χ3v) is 5.68. The first kappa shape index (κ1) is 21.6. The highest BCUT2D eigenvalue weighted by molar-refractivity contribution is 6.04. The van der Waals surface area contributed by atoms with Crippen LogP contribution in [-0.4, -0.2) is 29.9 Å².